The minimum Gasteiger partial charge on any atom is -0.480 e. The number of nitrogens with two attached hydrogens (primary N) is 1. The molecule has 0 aliphatic heterocycles. The van der Waals surface area contributed by atoms with E-state index in [9.17, 15) is 9.59 Å². The summed E-state index contributed by atoms with van der Waals surface area (Å²) in [5.41, 5.74) is 5.43. The highest BCUT2D eigenvalue weighted by atomic mass is 16.5. The predicted molar refractivity (Wildman–Crippen MR) is 119 cm³/mol. The molecule has 0 rings (SSSR count). The fourth-order valence-corrected chi connectivity index (χ4v) is 3.33. The maximum atomic E-state index is 11.7. The molecule has 0 fully saturated rings. The van der Waals surface area contributed by atoms with Crippen molar-refractivity contribution < 1.29 is 19.4 Å². The van der Waals surface area contributed by atoms with E-state index in [1.165, 1.54) is 44.9 Å². The topological polar surface area (TPSA) is 102 Å². The van der Waals surface area contributed by atoms with Crippen molar-refractivity contribution in [3.8, 4) is 0 Å². The first-order chi connectivity index (χ1) is 14.1. The summed E-state index contributed by atoms with van der Waals surface area (Å²) in [6.07, 6.45) is 16.9. The van der Waals surface area contributed by atoms with Crippen LogP contribution in [0.15, 0.2) is 0 Å². The molecule has 0 saturated carbocycles. The third-order valence-corrected chi connectivity index (χ3v) is 5.20. The molecule has 0 aliphatic carbocycles. The van der Waals surface area contributed by atoms with Crippen LogP contribution in [0.25, 0.3) is 0 Å². The van der Waals surface area contributed by atoms with Crippen LogP contribution in [0.5, 0.6) is 0 Å². The van der Waals surface area contributed by atoms with Crippen molar-refractivity contribution >= 4 is 11.9 Å². The minimum absolute atomic E-state index is 0.0705. The quantitative estimate of drug-likeness (QED) is 0.174. The average Bonchev–Trinajstić information content (AvgIpc) is 2.70. The first-order valence-corrected chi connectivity index (χ1v) is 11.9. The number of ether oxygens (including phenoxy) is 1. The molecule has 6 nitrogen and oxygen atoms in total. The van der Waals surface area contributed by atoms with Crippen LogP contribution in [-0.2, 0) is 14.3 Å². The highest BCUT2D eigenvalue weighted by Gasteiger charge is 2.15. The Balaban J connectivity index is 3.37. The number of carboxylic acid groups (broad SMARTS) is 1. The highest BCUT2D eigenvalue weighted by Crippen LogP contribution is 2.11. The van der Waals surface area contributed by atoms with E-state index < -0.39 is 12.0 Å². The number of carbonyl (C=O) groups excluding carboxylic acids is 1. The number of nitrogens with one attached hydrogen (secondary N) is 1. The van der Waals surface area contributed by atoms with E-state index in [4.69, 9.17) is 15.6 Å². The molecule has 0 spiro atoms. The fraction of sp³-hybridized carbons (Fsp3) is 0.913. The molecular formula is C23H46N2O4. The number of carboxylic acids is 1. The summed E-state index contributed by atoms with van der Waals surface area (Å²) in [5, 5.41) is 12.2. The molecule has 0 saturated heterocycles. The zero-order valence-corrected chi connectivity index (χ0v) is 18.8. The number of hydrogen-bond acceptors (Lipinski definition) is 5. The Labute approximate surface area is 178 Å². The van der Waals surface area contributed by atoms with E-state index in [0.717, 1.165) is 38.5 Å². The Morgan fingerprint density at radius 3 is 2.07 bits per heavy atom. The molecule has 0 radical (unpaired) electrons. The van der Waals surface area contributed by atoms with Crippen LogP contribution in [0.4, 0.5) is 0 Å². The van der Waals surface area contributed by atoms with Crippen molar-refractivity contribution in [3.05, 3.63) is 0 Å². The molecule has 0 bridgehead atoms. The van der Waals surface area contributed by atoms with Crippen LogP contribution >= 0.6 is 0 Å². The molecular weight excluding hydrogens is 368 g/mol. The van der Waals surface area contributed by atoms with Gasteiger partial charge in [0.1, 0.15) is 6.04 Å². The van der Waals surface area contributed by atoms with Gasteiger partial charge in [-0.05, 0) is 45.2 Å². The van der Waals surface area contributed by atoms with E-state index in [-0.39, 0.29) is 5.97 Å². The summed E-state index contributed by atoms with van der Waals surface area (Å²) >= 11 is 0. The second-order valence-corrected chi connectivity index (χ2v) is 7.99. The minimum atomic E-state index is -0.808. The van der Waals surface area contributed by atoms with Gasteiger partial charge in [-0.25, -0.2) is 0 Å². The summed E-state index contributed by atoms with van der Waals surface area (Å²) < 4.78 is 5.29. The lowest BCUT2D eigenvalue weighted by atomic mass is 10.1. The summed E-state index contributed by atoms with van der Waals surface area (Å²) in [6.45, 7) is 3.95. The van der Waals surface area contributed by atoms with Crippen molar-refractivity contribution in [2.24, 2.45) is 5.73 Å². The highest BCUT2D eigenvalue weighted by molar-refractivity contribution is 5.73. The zero-order chi connectivity index (χ0) is 21.6. The molecule has 1 atom stereocenters. The number of hydrogen-bond donors (Lipinski definition) is 3. The Bertz CT molecular complexity index is 391. The molecule has 172 valence electrons. The molecule has 0 aromatic heterocycles. The smallest absolute Gasteiger partial charge is 0.320 e. The third kappa shape index (κ3) is 19.9. The standard InChI is InChI=1S/C23H46N2O4/c1-2-3-4-5-6-7-8-9-12-17-22(26)29-20-14-11-10-13-19-25-21(23(27)28)16-15-18-24/h21,25H,2-20,24H2,1H3,(H,27,28)/t21-/m0/s1. The molecule has 6 heteroatoms. The second kappa shape index (κ2) is 21.6. The number of esters is 1. The van der Waals surface area contributed by atoms with E-state index in [1.54, 1.807) is 0 Å². The van der Waals surface area contributed by atoms with Crippen LogP contribution < -0.4 is 11.1 Å². The first kappa shape index (κ1) is 27.9. The van der Waals surface area contributed by atoms with E-state index in [1.807, 2.05) is 0 Å². The second-order valence-electron chi connectivity index (χ2n) is 7.99. The molecule has 29 heavy (non-hydrogen) atoms. The SMILES string of the molecule is CCCCCCCCCCCC(=O)OCCCCCCN[C@@H](CCCN)C(=O)O. The Kier molecular flexibility index (Phi) is 20.7. The lowest BCUT2D eigenvalue weighted by molar-refractivity contribution is -0.144. The van der Waals surface area contributed by atoms with E-state index in [0.29, 0.717) is 39.0 Å². The predicted octanol–water partition coefficient (Wildman–Crippen LogP) is 4.79. The molecule has 0 heterocycles. The molecule has 0 aromatic carbocycles. The normalized spacial score (nSPS) is 12.1. The molecule has 0 aromatic rings. The van der Waals surface area contributed by atoms with Crippen LogP contribution in [0.2, 0.25) is 0 Å². The maximum Gasteiger partial charge on any atom is 0.320 e. The van der Waals surface area contributed by atoms with Crippen molar-refractivity contribution in [1.29, 1.82) is 0 Å². The van der Waals surface area contributed by atoms with Gasteiger partial charge in [0.15, 0.2) is 0 Å². The maximum absolute atomic E-state index is 11.7. The largest absolute Gasteiger partial charge is 0.480 e. The Morgan fingerprint density at radius 2 is 1.45 bits per heavy atom. The van der Waals surface area contributed by atoms with Crippen LogP contribution in [0.1, 0.15) is 110 Å². The van der Waals surface area contributed by atoms with Gasteiger partial charge in [0.2, 0.25) is 0 Å². The van der Waals surface area contributed by atoms with Crippen LogP contribution in [-0.4, -0.2) is 42.8 Å². The zero-order valence-electron chi connectivity index (χ0n) is 18.8. The lowest BCUT2D eigenvalue weighted by Gasteiger charge is -2.13. The molecule has 0 amide bonds. The molecule has 0 unspecified atom stereocenters. The van der Waals surface area contributed by atoms with Crippen molar-refractivity contribution in [2.45, 2.75) is 116 Å². The van der Waals surface area contributed by atoms with Gasteiger partial charge in [0.25, 0.3) is 0 Å². The fourth-order valence-electron chi connectivity index (χ4n) is 3.33. The summed E-state index contributed by atoms with van der Waals surface area (Å²) in [7, 11) is 0. The third-order valence-electron chi connectivity index (χ3n) is 5.20. The van der Waals surface area contributed by atoms with Gasteiger partial charge in [-0.1, -0.05) is 71.1 Å². The van der Waals surface area contributed by atoms with E-state index in [2.05, 4.69) is 12.2 Å². The Morgan fingerprint density at radius 1 is 0.862 bits per heavy atom. The van der Waals surface area contributed by atoms with Crippen LogP contribution in [0.3, 0.4) is 0 Å². The number of aliphatic carboxylic acids is 1. The first-order valence-electron chi connectivity index (χ1n) is 11.9. The lowest BCUT2D eigenvalue weighted by Crippen LogP contribution is -2.37. The molecule has 0 aliphatic rings. The van der Waals surface area contributed by atoms with Gasteiger partial charge in [0, 0.05) is 6.42 Å². The summed E-state index contributed by atoms with van der Waals surface area (Å²) in [6, 6.07) is -0.499. The van der Waals surface area contributed by atoms with Crippen molar-refractivity contribution in [2.75, 3.05) is 19.7 Å². The molecule has 4 N–H and O–H groups in total. The van der Waals surface area contributed by atoms with E-state index >= 15 is 0 Å². The van der Waals surface area contributed by atoms with Crippen molar-refractivity contribution in [3.63, 3.8) is 0 Å². The number of rotatable bonds is 22. The van der Waals surface area contributed by atoms with Gasteiger partial charge in [-0.2, -0.15) is 0 Å². The van der Waals surface area contributed by atoms with Crippen molar-refractivity contribution in [1.82, 2.24) is 5.32 Å². The van der Waals surface area contributed by atoms with Gasteiger partial charge in [-0.3, -0.25) is 9.59 Å². The van der Waals surface area contributed by atoms with Crippen LogP contribution in [0, 0.1) is 0 Å². The summed E-state index contributed by atoms with van der Waals surface area (Å²) in [4.78, 5) is 22.8. The van der Waals surface area contributed by atoms with Gasteiger partial charge in [-0.15, -0.1) is 0 Å². The van der Waals surface area contributed by atoms with Gasteiger partial charge in [0.05, 0.1) is 6.61 Å². The number of unbranched alkanes of at least 4 members (excludes halogenated alkanes) is 11. The monoisotopic (exact) mass is 414 g/mol. The number of carbonyl (C=O) groups is 2. The Hall–Kier alpha value is -1.14. The average molecular weight is 415 g/mol. The van der Waals surface area contributed by atoms with Gasteiger partial charge >= 0.3 is 11.9 Å². The van der Waals surface area contributed by atoms with Gasteiger partial charge < -0.3 is 20.9 Å². The summed E-state index contributed by atoms with van der Waals surface area (Å²) in [5.74, 6) is -0.879.